The summed E-state index contributed by atoms with van der Waals surface area (Å²) in [4.78, 5) is 11.6. The largest absolute Gasteiger partial charge is 0.457 e. The quantitative estimate of drug-likeness (QED) is 0.901. The summed E-state index contributed by atoms with van der Waals surface area (Å²) in [6.45, 7) is 6.39. The summed E-state index contributed by atoms with van der Waals surface area (Å²) in [5.41, 5.74) is 8.28. The molecule has 1 heterocycles. The van der Waals surface area contributed by atoms with E-state index in [0.29, 0.717) is 18.0 Å². The molecule has 5 heteroatoms. The van der Waals surface area contributed by atoms with Crippen molar-refractivity contribution in [3.8, 4) is 11.5 Å². The van der Waals surface area contributed by atoms with Crippen molar-refractivity contribution in [3.05, 3.63) is 53.6 Å². The second-order valence-corrected chi connectivity index (χ2v) is 6.52. The minimum absolute atomic E-state index is 0.218. The lowest BCUT2D eigenvalue weighted by Crippen LogP contribution is -2.32. The van der Waals surface area contributed by atoms with Crippen LogP contribution in [0.25, 0.3) is 0 Å². The average Bonchev–Trinajstić information content (AvgIpc) is 2.84. The Morgan fingerprint density at radius 2 is 1.88 bits per heavy atom. The molecule has 1 aliphatic heterocycles. The Balaban J connectivity index is 1.72. The first-order valence-electron chi connectivity index (χ1n) is 7.97. The van der Waals surface area contributed by atoms with Crippen LogP contribution >= 0.6 is 0 Å². The number of nitrogens with two attached hydrogens (primary N) is 1. The second-order valence-electron chi connectivity index (χ2n) is 6.52. The van der Waals surface area contributed by atoms with Gasteiger partial charge in [-0.3, -0.25) is 4.79 Å². The highest BCUT2D eigenvalue weighted by molar-refractivity contribution is 5.94. The van der Waals surface area contributed by atoms with E-state index in [4.69, 9.17) is 15.2 Å². The Labute approximate surface area is 141 Å². The first kappa shape index (κ1) is 16.5. The number of carbonyl (C=O) groups is 1. The fourth-order valence-electron chi connectivity index (χ4n) is 2.64. The summed E-state index contributed by atoms with van der Waals surface area (Å²) in [5, 5.41) is 2.74. The van der Waals surface area contributed by atoms with Crippen molar-refractivity contribution in [2.24, 2.45) is 5.73 Å². The standard InChI is InChI=1S/C19H22N2O3/c1-12(20)18(22)21-14-5-8-15(9-6-14)24-16-7-4-13-11-23-19(2,3)17(13)10-16/h4-10,12H,11,20H2,1-3H3,(H,21,22)/t12-/m0/s1. The second kappa shape index (κ2) is 6.26. The third kappa shape index (κ3) is 3.42. The molecule has 0 spiro atoms. The number of hydrogen-bond donors (Lipinski definition) is 2. The van der Waals surface area contributed by atoms with Crippen LogP contribution in [-0.2, 0) is 21.7 Å². The van der Waals surface area contributed by atoms with Gasteiger partial charge in [-0.15, -0.1) is 0 Å². The smallest absolute Gasteiger partial charge is 0.240 e. The van der Waals surface area contributed by atoms with Crippen LogP contribution in [0.3, 0.4) is 0 Å². The molecule has 126 valence electrons. The molecule has 3 rings (SSSR count). The van der Waals surface area contributed by atoms with E-state index in [1.54, 1.807) is 19.1 Å². The lowest BCUT2D eigenvalue weighted by atomic mass is 9.96. The van der Waals surface area contributed by atoms with Gasteiger partial charge in [0.2, 0.25) is 5.91 Å². The molecule has 1 aliphatic rings. The zero-order valence-electron chi connectivity index (χ0n) is 14.1. The number of anilines is 1. The van der Waals surface area contributed by atoms with Gasteiger partial charge in [0.05, 0.1) is 18.2 Å². The number of carbonyl (C=O) groups excluding carboxylic acids is 1. The van der Waals surface area contributed by atoms with Crippen molar-refractivity contribution in [3.63, 3.8) is 0 Å². The van der Waals surface area contributed by atoms with Crippen LogP contribution < -0.4 is 15.8 Å². The Morgan fingerprint density at radius 3 is 2.54 bits per heavy atom. The molecule has 0 saturated heterocycles. The van der Waals surface area contributed by atoms with Gasteiger partial charge >= 0.3 is 0 Å². The van der Waals surface area contributed by atoms with Crippen LogP contribution in [0.5, 0.6) is 11.5 Å². The molecule has 0 radical (unpaired) electrons. The van der Waals surface area contributed by atoms with Gasteiger partial charge in [0, 0.05) is 5.69 Å². The van der Waals surface area contributed by atoms with Crippen molar-refractivity contribution < 1.29 is 14.3 Å². The van der Waals surface area contributed by atoms with Crippen LogP contribution in [0.2, 0.25) is 0 Å². The van der Waals surface area contributed by atoms with Crippen LogP contribution in [0, 0.1) is 0 Å². The van der Waals surface area contributed by atoms with E-state index in [-0.39, 0.29) is 11.5 Å². The van der Waals surface area contributed by atoms with Gasteiger partial charge in [-0.05, 0) is 68.3 Å². The van der Waals surface area contributed by atoms with Crippen LogP contribution in [0.4, 0.5) is 5.69 Å². The van der Waals surface area contributed by atoms with Gasteiger partial charge < -0.3 is 20.5 Å². The zero-order chi connectivity index (χ0) is 17.3. The van der Waals surface area contributed by atoms with Gasteiger partial charge in [-0.2, -0.15) is 0 Å². The van der Waals surface area contributed by atoms with Crippen LogP contribution in [0.15, 0.2) is 42.5 Å². The van der Waals surface area contributed by atoms with E-state index in [2.05, 4.69) is 19.2 Å². The normalized spacial score (nSPS) is 16.3. The number of nitrogens with one attached hydrogen (secondary N) is 1. The van der Waals surface area contributed by atoms with E-state index in [1.165, 1.54) is 5.56 Å². The van der Waals surface area contributed by atoms with Gasteiger partial charge in [-0.25, -0.2) is 0 Å². The molecule has 2 aromatic rings. The molecule has 2 aromatic carbocycles. The predicted octanol–water partition coefficient (Wildman–Crippen LogP) is 3.53. The highest BCUT2D eigenvalue weighted by atomic mass is 16.5. The van der Waals surface area contributed by atoms with Crippen LogP contribution in [-0.4, -0.2) is 11.9 Å². The summed E-state index contributed by atoms with van der Waals surface area (Å²) in [7, 11) is 0. The number of amides is 1. The first-order chi connectivity index (χ1) is 11.3. The summed E-state index contributed by atoms with van der Waals surface area (Å²) in [5.74, 6) is 1.25. The molecule has 0 unspecified atom stereocenters. The Bertz CT molecular complexity index is 752. The third-order valence-corrected chi connectivity index (χ3v) is 4.09. The van der Waals surface area contributed by atoms with Crippen molar-refractivity contribution in [2.75, 3.05) is 5.32 Å². The minimum atomic E-state index is -0.544. The third-order valence-electron chi connectivity index (χ3n) is 4.09. The minimum Gasteiger partial charge on any atom is -0.457 e. The Morgan fingerprint density at radius 1 is 1.21 bits per heavy atom. The fraction of sp³-hybridized carbons (Fsp3) is 0.316. The topological polar surface area (TPSA) is 73.6 Å². The maximum atomic E-state index is 11.6. The Kier molecular flexibility index (Phi) is 4.30. The lowest BCUT2D eigenvalue weighted by molar-refractivity contribution is -0.117. The highest BCUT2D eigenvalue weighted by Crippen LogP contribution is 2.38. The van der Waals surface area contributed by atoms with E-state index in [0.717, 1.165) is 11.3 Å². The first-order valence-corrected chi connectivity index (χ1v) is 7.97. The molecule has 5 nitrogen and oxygen atoms in total. The maximum absolute atomic E-state index is 11.6. The number of benzene rings is 2. The molecule has 3 N–H and O–H groups in total. The molecular weight excluding hydrogens is 304 g/mol. The van der Waals surface area contributed by atoms with E-state index >= 15 is 0 Å². The van der Waals surface area contributed by atoms with Gasteiger partial charge in [0.25, 0.3) is 0 Å². The molecule has 0 saturated carbocycles. The Hall–Kier alpha value is -2.37. The molecule has 1 atom stereocenters. The van der Waals surface area contributed by atoms with E-state index in [9.17, 15) is 4.79 Å². The molecule has 1 amide bonds. The molecular formula is C19H22N2O3. The zero-order valence-corrected chi connectivity index (χ0v) is 14.1. The monoisotopic (exact) mass is 326 g/mol. The predicted molar refractivity (Wildman–Crippen MR) is 93.1 cm³/mol. The van der Waals surface area contributed by atoms with Gasteiger partial charge in [-0.1, -0.05) is 6.07 Å². The molecule has 0 aliphatic carbocycles. The summed E-state index contributed by atoms with van der Waals surface area (Å²) >= 11 is 0. The summed E-state index contributed by atoms with van der Waals surface area (Å²) in [6.07, 6.45) is 0. The lowest BCUT2D eigenvalue weighted by Gasteiger charge is -2.18. The van der Waals surface area contributed by atoms with Gasteiger partial charge in [0.15, 0.2) is 0 Å². The highest BCUT2D eigenvalue weighted by Gasteiger charge is 2.31. The number of hydrogen-bond acceptors (Lipinski definition) is 4. The van der Waals surface area contributed by atoms with Crippen molar-refractivity contribution in [1.29, 1.82) is 0 Å². The van der Waals surface area contributed by atoms with Crippen molar-refractivity contribution in [1.82, 2.24) is 0 Å². The SMILES string of the molecule is C[C@H](N)C(=O)Nc1ccc(Oc2ccc3c(c2)C(C)(C)OC3)cc1. The van der Waals surface area contributed by atoms with E-state index < -0.39 is 6.04 Å². The van der Waals surface area contributed by atoms with Gasteiger partial charge in [0.1, 0.15) is 11.5 Å². The maximum Gasteiger partial charge on any atom is 0.240 e. The number of ether oxygens (including phenoxy) is 2. The molecule has 24 heavy (non-hydrogen) atoms. The molecule has 0 fully saturated rings. The number of fused-ring (bicyclic) bond motifs is 1. The number of rotatable bonds is 4. The van der Waals surface area contributed by atoms with Crippen molar-refractivity contribution >= 4 is 11.6 Å². The van der Waals surface area contributed by atoms with Crippen LogP contribution in [0.1, 0.15) is 31.9 Å². The summed E-state index contributed by atoms with van der Waals surface area (Å²) in [6, 6.07) is 12.7. The van der Waals surface area contributed by atoms with E-state index in [1.807, 2.05) is 30.3 Å². The molecule has 0 bridgehead atoms. The van der Waals surface area contributed by atoms with Crippen molar-refractivity contribution in [2.45, 2.75) is 39.0 Å². The molecule has 0 aromatic heterocycles. The average molecular weight is 326 g/mol. The summed E-state index contributed by atoms with van der Waals surface area (Å²) < 4.78 is 11.7. The fourth-order valence-corrected chi connectivity index (χ4v) is 2.64.